The van der Waals surface area contributed by atoms with Gasteiger partial charge in [0.1, 0.15) is 16.9 Å². The summed E-state index contributed by atoms with van der Waals surface area (Å²) in [4.78, 5) is 22.8. The van der Waals surface area contributed by atoms with Gasteiger partial charge in [0.15, 0.2) is 11.3 Å². The zero-order valence-electron chi connectivity index (χ0n) is 15.9. The topological polar surface area (TPSA) is 65.1 Å². The number of aryl methyl sites for hydroxylation is 1. The first-order valence-corrected chi connectivity index (χ1v) is 9.32. The Morgan fingerprint density at radius 3 is 2.36 bits per heavy atom. The first kappa shape index (κ1) is 16.6. The van der Waals surface area contributed by atoms with Crippen molar-refractivity contribution in [2.75, 3.05) is 0 Å². The summed E-state index contributed by atoms with van der Waals surface area (Å²) in [5.74, 6) is 0.996. The minimum absolute atomic E-state index is 0.134. The Hall–Kier alpha value is -3.54. The molecule has 3 aromatic heterocycles. The number of aromatic nitrogens is 5. The highest BCUT2D eigenvalue weighted by Crippen LogP contribution is 2.27. The Morgan fingerprint density at radius 2 is 1.61 bits per heavy atom. The van der Waals surface area contributed by atoms with Crippen LogP contribution in [0.4, 0.5) is 0 Å². The quantitative estimate of drug-likeness (QED) is 0.471. The van der Waals surface area contributed by atoms with Crippen molar-refractivity contribution in [3.63, 3.8) is 0 Å². The van der Waals surface area contributed by atoms with Gasteiger partial charge in [-0.3, -0.25) is 9.20 Å². The van der Waals surface area contributed by atoms with Crippen LogP contribution in [0.5, 0.6) is 0 Å². The van der Waals surface area contributed by atoms with Crippen molar-refractivity contribution in [3.8, 4) is 5.69 Å². The molecule has 0 bridgehead atoms. The Morgan fingerprint density at radius 1 is 0.893 bits per heavy atom. The van der Waals surface area contributed by atoms with Crippen LogP contribution in [0.3, 0.4) is 0 Å². The first-order valence-electron chi connectivity index (χ1n) is 9.32. The van der Waals surface area contributed by atoms with Crippen LogP contribution < -0.4 is 5.43 Å². The third-order valence-corrected chi connectivity index (χ3v) is 4.98. The fourth-order valence-electron chi connectivity index (χ4n) is 3.66. The molecule has 6 nitrogen and oxygen atoms in total. The predicted molar refractivity (Wildman–Crippen MR) is 110 cm³/mol. The van der Waals surface area contributed by atoms with Crippen molar-refractivity contribution in [2.45, 2.75) is 26.7 Å². The number of rotatable bonds is 2. The van der Waals surface area contributed by atoms with Crippen LogP contribution in [0.25, 0.3) is 33.4 Å². The third-order valence-electron chi connectivity index (χ3n) is 4.98. The summed E-state index contributed by atoms with van der Waals surface area (Å²) < 4.78 is 3.76. The number of benzene rings is 2. The van der Waals surface area contributed by atoms with E-state index in [1.165, 1.54) is 0 Å². The van der Waals surface area contributed by atoms with Gasteiger partial charge in [0.25, 0.3) is 0 Å². The Labute approximate surface area is 161 Å². The van der Waals surface area contributed by atoms with E-state index in [1.54, 1.807) is 11.6 Å². The second kappa shape index (κ2) is 5.99. The van der Waals surface area contributed by atoms with Crippen LogP contribution in [0.15, 0.2) is 59.4 Å². The van der Waals surface area contributed by atoms with E-state index >= 15 is 0 Å². The van der Waals surface area contributed by atoms with Crippen molar-refractivity contribution in [1.29, 1.82) is 0 Å². The first-order chi connectivity index (χ1) is 13.6. The molecule has 0 saturated carbocycles. The molecule has 2 aromatic carbocycles. The molecule has 0 N–H and O–H groups in total. The van der Waals surface area contributed by atoms with Crippen LogP contribution in [-0.2, 0) is 0 Å². The molecule has 0 amide bonds. The lowest BCUT2D eigenvalue weighted by molar-refractivity contribution is 0.751. The van der Waals surface area contributed by atoms with Gasteiger partial charge >= 0.3 is 0 Å². The summed E-state index contributed by atoms with van der Waals surface area (Å²) >= 11 is 0. The molecule has 28 heavy (non-hydrogen) atoms. The van der Waals surface area contributed by atoms with E-state index in [1.807, 2.05) is 59.0 Å². The van der Waals surface area contributed by atoms with Crippen molar-refractivity contribution in [2.24, 2.45) is 0 Å². The molecule has 0 aliphatic carbocycles. The minimum Gasteiger partial charge on any atom is -0.287 e. The fourth-order valence-corrected chi connectivity index (χ4v) is 3.66. The monoisotopic (exact) mass is 369 g/mol. The summed E-state index contributed by atoms with van der Waals surface area (Å²) in [6, 6.07) is 17.7. The van der Waals surface area contributed by atoms with E-state index in [0.29, 0.717) is 22.4 Å². The molecule has 6 heteroatoms. The minimum atomic E-state index is -0.134. The van der Waals surface area contributed by atoms with Gasteiger partial charge in [-0.1, -0.05) is 44.2 Å². The standard InChI is InChI=1S/C22H19N5O/c1-13(2)20-24-22-18(21-23-16-11-7-8-12-17(16)26(20)21)19(28)14(3)25-27(22)15-9-5-4-6-10-15/h4-13H,1-3H3. The summed E-state index contributed by atoms with van der Waals surface area (Å²) in [5.41, 5.74) is 4.12. The van der Waals surface area contributed by atoms with Gasteiger partial charge in [0.2, 0.25) is 5.43 Å². The molecule has 0 saturated heterocycles. The van der Waals surface area contributed by atoms with Crippen molar-refractivity contribution in [3.05, 3.63) is 76.3 Å². The smallest absolute Gasteiger partial charge is 0.216 e. The van der Waals surface area contributed by atoms with E-state index in [4.69, 9.17) is 9.97 Å². The van der Waals surface area contributed by atoms with E-state index in [2.05, 4.69) is 18.9 Å². The van der Waals surface area contributed by atoms with Gasteiger partial charge in [-0.2, -0.15) is 5.10 Å². The molecule has 3 heterocycles. The number of para-hydroxylation sites is 3. The molecule has 0 fully saturated rings. The van der Waals surface area contributed by atoms with Gasteiger partial charge < -0.3 is 0 Å². The maximum absolute atomic E-state index is 13.1. The van der Waals surface area contributed by atoms with Crippen molar-refractivity contribution in [1.82, 2.24) is 24.1 Å². The fraction of sp³-hybridized carbons (Fsp3) is 0.182. The Bertz CT molecular complexity index is 1410. The average molecular weight is 369 g/mol. The molecule has 5 rings (SSSR count). The highest BCUT2D eigenvalue weighted by atomic mass is 16.1. The molecule has 0 radical (unpaired) electrons. The molecular formula is C22H19N5O. The second-order valence-electron chi connectivity index (χ2n) is 7.24. The lowest BCUT2D eigenvalue weighted by Gasteiger charge is -2.15. The van der Waals surface area contributed by atoms with Crippen LogP contribution in [0.2, 0.25) is 0 Å². The largest absolute Gasteiger partial charge is 0.287 e. The maximum Gasteiger partial charge on any atom is 0.216 e. The lowest BCUT2D eigenvalue weighted by atomic mass is 10.2. The zero-order chi connectivity index (χ0) is 19.4. The summed E-state index contributed by atoms with van der Waals surface area (Å²) in [6.45, 7) is 5.92. The highest BCUT2D eigenvalue weighted by molar-refractivity contribution is 5.95. The van der Waals surface area contributed by atoms with Crippen LogP contribution in [-0.4, -0.2) is 24.1 Å². The number of hydrogen-bond donors (Lipinski definition) is 0. The number of imidazole rings is 1. The number of fused-ring (bicyclic) bond motifs is 5. The molecule has 0 atom stereocenters. The molecule has 5 aromatic rings. The van der Waals surface area contributed by atoms with Crippen LogP contribution in [0.1, 0.15) is 31.3 Å². The molecule has 138 valence electrons. The van der Waals surface area contributed by atoms with Gasteiger partial charge in [-0.05, 0) is 31.2 Å². The van der Waals surface area contributed by atoms with Crippen molar-refractivity contribution < 1.29 is 0 Å². The normalized spacial score (nSPS) is 11.9. The maximum atomic E-state index is 13.1. The van der Waals surface area contributed by atoms with Gasteiger partial charge in [0, 0.05) is 5.92 Å². The SMILES string of the molecule is Cc1nn(-c2ccccc2)c2nc(C(C)C)n3c4ccccc4nc3c2c1=O. The Balaban J connectivity index is 2.07. The number of hydrogen-bond acceptors (Lipinski definition) is 4. The average Bonchev–Trinajstić information content (AvgIpc) is 3.09. The molecule has 0 spiro atoms. The van der Waals surface area contributed by atoms with Gasteiger partial charge in [0.05, 0.1) is 16.7 Å². The molecular weight excluding hydrogens is 350 g/mol. The number of nitrogens with zero attached hydrogens (tertiary/aromatic N) is 5. The third kappa shape index (κ3) is 2.27. The molecule has 0 unspecified atom stereocenters. The summed E-state index contributed by atoms with van der Waals surface area (Å²) in [5, 5.41) is 5.03. The highest BCUT2D eigenvalue weighted by Gasteiger charge is 2.21. The van der Waals surface area contributed by atoms with E-state index < -0.39 is 0 Å². The summed E-state index contributed by atoms with van der Waals surface area (Å²) in [7, 11) is 0. The van der Waals surface area contributed by atoms with E-state index in [9.17, 15) is 4.79 Å². The van der Waals surface area contributed by atoms with Gasteiger partial charge in [-0.15, -0.1) is 0 Å². The van der Waals surface area contributed by atoms with Crippen LogP contribution in [0, 0.1) is 6.92 Å². The van der Waals surface area contributed by atoms with E-state index in [0.717, 1.165) is 22.5 Å². The van der Waals surface area contributed by atoms with E-state index in [-0.39, 0.29) is 11.3 Å². The zero-order valence-corrected chi connectivity index (χ0v) is 15.9. The second-order valence-corrected chi connectivity index (χ2v) is 7.24. The van der Waals surface area contributed by atoms with Gasteiger partial charge in [-0.25, -0.2) is 14.6 Å². The van der Waals surface area contributed by atoms with Crippen LogP contribution >= 0.6 is 0 Å². The summed E-state index contributed by atoms with van der Waals surface area (Å²) in [6.07, 6.45) is 0. The molecule has 0 aliphatic heterocycles. The van der Waals surface area contributed by atoms with Crippen molar-refractivity contribution >= 4 is 27.7 Å². The predicted octanol–water partition coefficient (Wildman–Crippen LogP) is 4.01. The molecule has 0 aliphatic rings. The Kier molecular flexibility index (Phi) is 3.55. The lowest BCUT2D eigenvalue weighted by Crippen LogP contribution is -2.19.